The third-order valence-corrected chi connectivity index (χ3v) is 3.62. The number of methoxy groups -OCH3 is 1. The van der Waals surface area contributed by atoms with Crippen LogP contribution < -0.4 is 15.4 Å². The topological polar surface area (TPSA) is 33.3 Å². The van der Waals surface area contributed by atoms with Gasteiger partial charge in [0.1, 0.15) is 5.75 Å². The number of benzene rings is 1. The molecule has 1 aliphatic rings. The first kappa shape index (κ1) is 13.2. The average molecular weight is 248 g/mol. The number of hydrogen-bond acceptors (Lipinski definition) is 3. The molecule has 0 spiro atoms. The van der Waals surface area contributed by atoms with Crippen molar-refractivity contribution < 1.29 is 4.74 Å². The molecule has 1 atom stereocenters. The molecule has 1 aromatic rings. The van der Waals surface area contributed by atoms with Gasteiger partial charge in [-0.1, -0.05) is 6.07 Å². The van der Waals surface area contributed by atoms with E-state index in [4.69, 9.17) is 4.74 Å². The molecule has 2 rings (SSSR count). The van der Waals surface area contributed by atoms with E-state index in [-0.39, 0.29) is 0 Å². The Morgan fingerprint density at radius 1 is 1.39 bits per heavy atom. The molecule has 1 saturated heterocycles. The molecule has 3 nitrogen and oxygen atoms in total. The molecule has 1 heterocycles. The fourth-order valence-corrected chi connectivity index (χ4v) is 2.69. The molecule has 0 amide bonds. The molecule has 0 saturated carbocycles. The molecule has 2 N–H and O–H groups in total. The number of ether oxygens (including phenoxy) is 1. The lowest BCUT2D eigenvalue weighted by Gasteiger charge is -2.16. The van der Waals surface area contributed by atoms with Crippen LogP contribution in [-0.2, 0) is 0 Å². The molecule has 1 aromatic carbocycles. The van der Waals surface area contributed by atoms with Crippen molar-refractivity contribution in [2.24, 2.45) is 0 Å². The normalized spacial score (nSPS) is 18.9. The third-order valence-electron chi connectivity index (χ3n) is 3.62. The van der Waals surface area contributed by atoms with Crippen LogP contribution in [0.4, 0.5) is 5.69 Å². The summed E-state index contributed by atoms with van der Waals surface area (Å²) in [5.41, 5.74) is 3.64. The third kappa shape index (κ3) is 3.16. The van der Waals surface area contributed by atoms with Gasteiger partial charge in [-0.05, 0) is 56.8 Å². The Kier molecular flexibility index (Phi) is 4.48. The largest absolute Gasteiger partial charge is 0.495 e. The van der Waals surface area contributed by atoms with Gasteiger partial charge >= 0.3 is 0 Å². The SMILES string of the molecule is COc1cc(C)cc(C)c1NCCC1CCCN1. The molecule has 0 bridgehead atoms. The van der Waals surface area contributed by atoms with Crippen molar-refractivity contribution in [1.82, 2.24) is 5.32 Å². The maximum atomic E-state index is 5.45. The number of aryl methyl sites for hydroxylation is 2. The van der Waals surface area contributed by atoms with Crippen LogP contribution in [0.2, 0.25) is 0 Å². The quantitative estimate of drug-likeness (QED) is 0.840. The van der Waals surface area contributed by atoms with Gasteiger partial charge in [0.25, 0.3) is 0 Å². The second-order valence-electron chi connectivity index (χ2n) is 5.17. The van der Waals surface area contributed by atoms with E-state index in [0.717, 1.165) is 18.0 Å². The molecule has 0 aromatic heterocycles. The van der Waals surface area contributed by atoms with Crippen molar-refractivity contribution in [2.75, 3.05) is 25.5 Å². The highest BCUT2D eigenvalue weighted by Crippen LogP contribution is 2.29. The summed E-state index contributed by atoms with van der Waals surface area (Å²) >= 11 is 0. The maximum Gasteiger partial charge on any atom is 0.142 e. The second-order valence-corrected chi connectivity index (χ2v) is 5.17. The van der Waals surface area contributed by atoms with Crippen LogP contribution in [-0.4, -0.2) is 26.2 Å². The van der Waals surface area contributed by atoms with Crippen LogP contribution in [0, 0.1) is 13.8 Å². The lowest BCUT2D eigenvalue weighted by molar-refractivity contribution is 0.415. The average Bonchev–Trinajstić information content (AvgIpc) is 2.84. The first-order valence-electron chi connectivity index (χ1n) is 6.83. The minimum atomic E-state index is 0.689. The van der Waals surface area contributed by atoms with Gasteiger partial charge in [-0.25, -0.2) is 0 Å². The highest BCUT2D eigenvalue weighted by Gasteiger charge is 2.14. The molecule has 18 heavy (non-hydrogen) atoms. The molecule has 3 heteroatoms. The molecular formula is C15H24N2O. The fraction of sp³-hybridized carbons (Fsp3) is 0.600. The molecule has 1 aliphatic heterocycles. The van der Waals surface area contributed by atoms with Gasteiger partial charge in [0.15, 0.2) is 0 Å². The van der Waals surface area contributed by atoms with E-state index >= 15 is 0 Å². The first-order valence-corrected chi connectivity index (χ1v) is 6.83. The van der Waals surface area contributed by atoms with E-state index < -0.39 is 0 Å². The number of anilines is 1. The monoisotopic (exact) mass is 248 g/mol. The van der Waals surface area contributed by atoms with Gasteiger partial charge in [-0.2, -0.15) is 0 Å². The van der Waals surface area contributed by atoms with Crippen molar-refractivity contribution >= 4 is 5.69 Å². The Bertz CT molecular complexity index is 398. The van der Waals surface area contributed by atoms with E-state index in [1.54, 1.807) is 7.11 Å². The number of hydrogen-bond donors (Lipinski definition) is 2. The molecule has 0 radical (unpaired) electrons. The standard InChI is InChI=1S/C15H24N2O/c1-11-9-12(2)15(14(10-11)18-3)17-8-6-13-5-4-7-16-13/h9-10,13,16-17H,4-8H2,1-3H3. The summed E-state index contributed by atoms with van der Waals surface area (Å²) in [6.45, 7) is 6.41. The van der Waals surface area contributed by atoms with E-state index in [0.29, 0.717) is 6.04 Å². The van der Waals surface area contributed by atoms with Crippen LogP contribution in [0.1, 0.15) is 30.4 Å². The van der Waals surface area contributed by atoms with E-state index in [9.17, 15) is 0 Å². The first-order chi connectivity index (χ1) is 8.70. The number of rotatable bonds is 5. The molecule has 1 fully saturated rings. The van der Waals surface area contributed by atoms with Crippen molar-refractivity contribution in [3.8, 4) is 5.75 Å². The van der Waals surface area contributed by atoms with Gasteiger partial charge in [-0.3, -0.25) is 0 Å². The minimum Gasteiger partial charge on any atom is -0.495 e. The van der Waals surface area contributed by atoms with Crippen LogP contribution in [0.15, 0.2) is 12.1 Å². The Hall–Kier alpha value is -1.22. The van der Waals surface area contributed by atoms with Gasteiger partial charge in [0.05, 0.1) is 12.8 Å². The number of nitrogens with one attached hydrogen (secondary N) is 2. The Balaban J connectivity index is 1.95. The summed E-state index contributed by atoms with van der Waals surface area (Å²) in [7, 11) is 1.73. The van der Waals surface area contributed by atoms with Crippen LogP contribution >= 0.6 is 0 Å². The molecule has 0 aliphatic carbocycles. The van der Waals surface area contributed by atoms with E-state index in [1.165, 1.54) is 36.9 Å². The van der Waals surface area contributed by atoms with Crippen LogP contribution in [0.5, 0.6) is 5.75 Å². The minimum absolute atomic E-state index is 0.689. The lowest BCUT2D eigenvalue weighted by atomic mass is 10.1. The fourth-order valence-electron chi connectivity index (χ4n) is 2.69. The maximum absolute atomic E-state index is 5.45. The van der Waals surface area contributed by atoms with Gasteiger partial charge in [0.2, 0.25) is 0 Å². The van der Waals surface area contributed by atoms with Crippen molar-refractivity contribution in [1.29, 1.82) is 0 Å². The second kappa shape index (κ2) is 6.10. The van der Waals surface area contributed by atoms with Crippen molar-refractivity contribution in [3.63, 3.8) is 0 Å². The smallest absolute Gasteiger partial charge is 0.142 e. The summed E-state index contributed by atoms with van der Waals surface area (Å²) in [6.07, 6.45) is 3.81. The molecule has 100 valence electrons. The van der Waals surface area contributed by atoms with Crippen LogP contribution in [0.25, 0.3) is 0 Å². The predicted octanol–water partition coefficient (Wildman–Crippen LogP) is 2.87. The molecule has 1 unspecified atom stereocenters. The Morgan fingerprint density at radius 3 is 2.89 bits per heavy atom. The van der Waals surface area contributed by atoms with E-state index in [2.05, 4.69) is 36.6 Å². The van der Waals surface area contributed by atoms with E-state index in [1.807, 2.05) is 0 Å². The van der Waals surface area contributed by atoms with Crippen molar-refractivity contribution in [3.05, 3.63) is 23.3 Å². The zero-order valence-corrected chi connectivity index (χ0v) is 11.7. The van der Waals surface area contributed by atoms with Gasteiger partial charge in [-0.15, -0.1) is 0 Å². The molecular weight excluding hydrogens is 224 g/mol. The summed E-state index contributed by atoms with van der Waals surface area (Å²) < 4.78 is 5.45. The highest BCUT2D eigenvalue weighted by molar-refractivity contribution is 5.63. The highest BCUT2D eigenvalue weighted by atomic mass is 16.5. The predicted molar refractivity (Wildman–Crippen MR) is 76.6 cm³/mol. The van der Waals surface area contributed by atoms with Gasteiger partial charge in [0, 0.05) is 12.6 Å². The van der Waals surface area contributed by atoms with Gasteiger partial charge < -0.3 is 15.4 Å². The van der Waals surface area contributed by atoms with Crippen LogP contribution in [0.3, 0.4) is 0 Å². The Morgan fingerprint density at radius 2 is 2.22 bits per heavy atom. The summed E-state index contributed by atoms with van der Waals surface area (Å²) in [5, 5.41) is 7.05. The van der Waals surface area contributed by atoms with Crippen molar-refractivity contribution in [2.45, 2.75) is 39.2 Å². The summed E-state index contributed by atoms with van der Waals surface area (Å²) in [6, 6.07) is 4.97. The lowest BCUT2D eigenvalue weighted by Crippen LogP contribution is -2.24. The summed E-state index contributed by atoms with van der Waals surface area (Å²) in [4.78, 5) is 0. The Labute approximate surface area is 110 Å². The zero-order valence-electron chi connectivity index (χ0n) is 11.7. The zero-order chi connectivity index (χ0) is 13.0. The summed E-state index contributed by atoms with van der Waals surface area (Å²) in [5.74, 6) is 0.951.